The molecule has 0 spiro atoms. The van der Waals surface area contributed by atoms with Crippen LogP contribution in [0, 0.1) is 6.92 Å². The number of hydrogen-bond donors (Lipinski definition) is 1. The van der Waals surface area contributed by atoms with Gasteiger partial charge in [0.05, 0.1) is 5.75 Å². The van der Waals surface area contributed by atoms with Crippen molar-refractivity contribution in [2.24, 2.45) is 0 Å². The van der Waals surface area contributed by atoms with Gasteiger partial charge in [0.1, 0.15) is 6.54 Å². The zero-order chi connectivity index (χ0) is 21.0. The number of alkyl halides is 3. The predicted molar refractivity (Wildman–Crippen MR) is 106 cm³/mol. The van der Waals surface area contributed by atoms with Gasteiger partial charge < -0.3 is 5.32 Å². The summed E-state index contributed by atoms with van der Waals surface area (Å²) in [4.78, 5) is 11.8. The molecule has 2 aromatic carbocycles. The molecule has 3 rings (SSSR count). The van der Waals surface area contributed by atoms with E-state index in [-0.39, 0.29) is 5.75 Å². The van der Waals surface area contributed by atoms with Crippen molar-refractivity contribution in [1.82, 2.24) is 20.1 Å². The van der Waals surface area contributed by atoms with Gasteiger partial charge in [-0.15, -0.1) is 10.2 Å². The van der Waals surface area contributed by atoms with Crippen LogP contribution in [0.2, 0.25) is 5.02 Å². The van der Waals surface area contributed by atoms with E-state index in [1.165, 1.54) is 0 Å². The van der Waals surface area contributed by atoms with Gasteiger partial charge in [-0.25, -0.2) is 0 Å². The number of hydrogen-bond acceptors (Lipinski definition) is 4. The predicted octanol–water partition coefficient (Wildman–Crippen LogP) is 4.67. The summed E-state index contributed by atoms with van der Waals surface area (Å²) in [7, 11) is 0. The number of halogens is 4. The molecule has 0 saturated carbocycles. The van der Waals surface area contributed by atoms with E-state index >= 15 is 0 Å². The fourth-order valence-corrected chi connectivity index (χ4v) is 3.36. The Labute approximate surface area is 174 Å². The third kappa shape index (κ3) is 5.74. The number of carbonyl (C=O) groups excluding carboxylic acids is 1. The Balaban J connectivity index is 1.88. The van der Waals surface area contributed by atoms with E-state index in [0.717, 1.165) is 22.9 Å². The Kier molecular flexibility index (Phi) is 6.49. The highest BCUT2D eigenvalue weighted by molar-refractivity contribution is 7.99. The first-order valence-corrected chi connectivity index (χ1v) is 9.84. The number of nitrogens with one attached hydrogen (secondary N) is 1. The number of benzene rings is 2. The maximum absolute atomic E-state index is 12.3. The van der Waals surface area contributed by atoms with Crippen molar-refractivity contribution >= 4 is 29.3 Å². The molecule has 1 amide bonds. The second-order valence-electron chi connectivity index (χ2n) is 6.16. The van der Waals surface area contributed by atoms with E-state index in [1.807, 2.05) is 36.5 Å². The van der Waals surface area contributed by atoms with E-state index in [2.05, 4.69) is 10.2 Å². The molecule has 0 aliphatic heterocycles. The second kappa shape index (κ2) is 8.87. The Hall–Kier alpha value is -2.52. The number of aryl methyl sites for hydroxylation is 1. The lowest BCUT2D eigenvalue weighted by molar-refractivity contribution is -0.136. The Morgan fingerprint density at radius 3 is 2.38 bits per heavy atom. The van der Waals surface area contributed by atoms with Gasteiger partial charge in [0.2, 0.25) is 5.91 Å². The van der Waals surface area contributed by atoms with Crippen LogP contribution in [0.25, 0.3) is 17.1 Å². The second-order valence-corrected chi connectivity index (χ2v) is 7.54. The maximum Gasteiger partial charge on any atom is 0.405 e. The van der Waals surface area contributed by atoms with Gasteiger partial charge in [0.15, 0.2) is 11.0 Å². The highest BCUT2D eigenvalue weighted by Gasteiger charge is 2.27. The molecular formula is C19H16ClF3N4OS. The summed E-state index contributed by atoms with van der Waals surface area (Å²) < 4.78 is 38.5. The summed E-state index contributed by atoms with van der Waals surface area (Å²) in [5.41, 5.74) is 2.61. The molecule has 0 aliphatic rings. The molecule has 3 aromatic rings. The number of carbonyl (C=O) groups is 1. The quantitative estimate of drug-likeness (QED) is 0.566. The van der Waals surface area contributed by atoms with E-state index in [0.29, 0.717) is 21.7 Å². The SMILES string of the molecule is Cc1ccc(-c2nnc(SCC(=O)NCC(F)(F)F)n2-c2ccc(Cl)cc2)cc1. The molecule has 0 bridgehead atoms. The summed E-state index contributed by atoms with van der Waals surface area (Å²) in [5, 5.41) is 11.1. The van der Waals surface area contributed by atoms with E-state index in [9.17, 15) is 18.0 Å². The van der Waals surface area contributed by atoms with Crippen LogP contribution in [0.4, 0.5) is 13.2 Å². The molecule has 152 valence electrons. The summed E-state index contributed by atoms with van der Waals surface area (Å²) in [6, 6.07) is 14.6. The number of thioether (sulfide) groups is 1. The summed E-state index contributed by atoms with van der Waals surface area (Å²) in [6.07, 6.45) is -4.46. The van der Waals surface area contributed by atoms with Crippen molar-refractivity contribution in [3.63, 3.8) is 0 Å². The van der Waals surface area contributed by atoms with Gasteiger partial charge in [-0.1, -0.05) is 53.2 Å². The Bertz CT molecular complexity index is 988. The van der Waals surface area contributed by atoms with Crippen molar-refractivity contribution in [3.05, 3.63) is 59.1 Å². The van der Waals surface area contributed by atoms with Gasteiger partial charge in [-0.3, -0.25) is 9.36 Å². The summed E-state index contributed by atoms with van der Waals surface area (Å²) >= 11 is 6.97. The van der Waals surface area contributed by atoms with Gasteiger partial charge in [-0.2, -0.15) is 13.2 Å². The first kappa shape index (κ1) is 21.2. The van der Waals surface area contributed by atoms with Crippen LogP contribution in [-0.2, 0) is 4.79 Å². The zero-order valence-electron chi connectivity index (χ0n) is 15.2. The van der Waals surface area contributed by atoms with E-state index in [4.69, 9.17) is 11.6 Å². The molecule has 0 saturated heterocycles. The summed E-state index contributed by atoms with van der Waals surface area (Å²) in [6.45, 7) is 0.597. The van der Waals surface area contributed by atoms with Gasteiger partial charge in [0.25, 0.3) is 0 Å². The smallest absolute Gasteiger partial charge is 0.346 e. The van der Waals surface area contributed by atoms with E-state index in [1.54, 1.807) is 28.8 Å². The molecule has 0 atom stereocenters. The average molecular weight is 441 g/mol. The molecule has 10 heteroatoms. The first-order valence-electron chi connectivity index (χ1n) is 8.47. The van der Waals surface area contributed by atoms with Crippen LogP contribution < -0.4 is 5.32 Å². The lowest BCUT2D eigenvalue weighted by Gasteiger charge is -2.11. The van der Waals surface area contributed by atoms with Crippen molar-refractivity contribution < 1.29 is 18.0 Å². The van der Waals surface area contributed by atoms with Crippen LogP contribution in [0.1, 0.15) is 5.56 Å². The minimum Gasteiger partial charge on any atom is -0.346 e. The molecule has 0 aliphatic carbocycles. The van der Waals surface area contributed by atoms with Crippen molar-refractivity contribution in [3.8, 4) is 17.1 Å². The Morgan fingerprint density at radius 1 is 1.10 bits per heavy atom. The summed E-state index contributed by atoms with van der Waals surface area (Å²) in [5.74, 6) is -0.421. The Morgan fingerprint density at radius 2 is 1.76 bits per heavy atom. The fourth-order valence-electron chi connectivity index (χ4n) is 2.46. The monoisotopic (exact) mass is 440 g/mol. The van der Waals surface area contributed by atoms with Crippen LogP contribution in [0.3, 0.4) is 0 Å². The van der Waals surface area contributed by atoms with Crippen LogP contribution >= 0.6 is 23.4 Å². The van der Waals surface area contributed by atoms with Crippen LogP contribution in [0.5, 0.6) is 0 Å². The molecule has 1 N–H and O–H groups in total. The standard InChI is InChI=1S/C19H16ClF3N4OS/c1-12-2-4-13(5-3-12)17-25-26-18(27(17)15-8-6-14(20)7-9-15)29-10-16(28)24-11-19(21,22)23/h2-9H,10-11H2,1H3,(H,24,28). The van der Waals surface area contributed by atoms with Crippen molar-refractivity contribution in [1.29, 1.82) is 0 Å². The van der Waals surface area contributed by atoms with E-state index < -0.39 is 18.6 Å². The number of aromatic nitrogens is 3. The largest absolute Gasteiger partial charge is 0.405 e. The van der Waals surface area contributed by atoms with Gasteiger partial charge in [-0.05, 0) is 31.2 Å². The normalized spacial score (nSPS) is 11.5. The number of nitrogens with zero attached hydrogens (tertiary/aromatic N) is 3. The maximum atomic E-state index is 12.3. The molecule has 1 heterocycles. The third-order valence-corrected chi connectivity index (χ3v) is 5.03. The van der Waals surface area contributed by atoms with Gasteiger partial charge >= 0.3 is 6.18 Å². The van der Waals surface area contributed by atoms with Crippen LogP contribution in [-0.4, -0.2) is 39.1 Å². The molecule has 29 heavy (non-hydrogen) atoms. The minimum atomic E-state index is -4.46. The zero-order valence-corrected chi connectivity index (χ0v) is 16.8. The van der Waals surface area contributed by atoms with Crippen molar-refractivity contribution in [2.45, 2.75) is 18.3 Å². The minimum absolute atomic E-state index is 0.226. The lowest BCUT2D eigenvalue weighted by Crippen LogP contribution is -2.34. The molecule has 0 fully saturated rings. The molecule has 1 aromatic heterocycles. The topological polar surface area (TPSA) is 59.8 Å². The average Bonchev–Trinajstić information content (AvgIpc) is 3.09. The fraction of sp³-hybridized carbons (Fsp3) is 0.211. The highest BCUT2D eigenvalue weighted by Crippen LogP contribution is 2.28. The molecule has 0 radical (unpaired) electrons. The molecule has 0 unspecified atom stereocenters. The lowest BCUT2D eigenvalue weighted by atomic mass is 10.1. The van der Waals surface area contributed by atoms with Crippen LogP contribution in [0.15, 0.2) is 53.7 Å². The first-order chi connectivity index (χ1) is 13.7. The highest BCUT2D eigenvalue weighted by atomic mass is 35.5. The number of rotatable bonds is 6. The van der Waals surface area contributed by atoms with Crippen molar-refractivity contribution in [2.75, 3.05) is 12.3 Å². The number of amides is 1. The molecular weight excluding hydrogens is 425 g/mol. The van der Waals surface area contributed by atoms with Gasteiger partial charge in [0, 0.05) is 16.3 Å². The third-order valence-electron chi connectivity index (χ3n) is 3.85. The molecule has 5 nitrogen and oxygen atoms in total.